The van der Waals surface area contributed by atoms with Crippen LogP contribution in [-0.4, -0.2) is 55.9 Å². The Morgan fingerprint density at radius 1 is 1.33 bits per heavy atom. The maximum atomic E-state index is 13.2. The van der Waals surface area contributed by atoms with E-state index in [1.54, 1.807) is 22.8 Å². The first-order valence-electron chi connectivity index (χ1n) is 8.84. The van der Waals surface area contributed by atoms with E-state index in [2.05, 4.69) is 5.32 Å². The monoisotopic (exact) mass is 382 g/mol. The van der Waals surface area contributed by atoms with Crippen LogP contribution in [0.15, 0.2) is 18.2 Å². The molecule has 1 N–H and O–H groups in total. The molecule has 0 radical (unpaired) electrons. The fraction of sp³-hybridized carbons (Fsp3) is 0.556. The summed E-state index contributed by atoms with van der Waals surface area (Å²) in [6.45, 7) is 4.65. The maximum absolute atomic E-state index is 13.2. The molecule has 2 atom stereocenters. The molecule has 2 saturated heterocycles. The molecule has 3 rings (SSSR count). The van der Waals surface area contributed by atoms with Crippen LogP contribution in [-0.2, 0) is 15.7 Å². The Kier molecular flexibility index (Phi) is 5.58. The van der Waals surface area contributed by atoms with Crippen molar-refractivity contribution in [1.29, 1.82) is 5.26 Å². The number of benzene rings is 1. The largest absolute Gasteiger partial charge is 0.417 e. The van der Waals surface area contributed by atoms with E-state index < -0.39 is 29.6 Å². The number of rotatable bonds is 2. The minimum Gasteiger partial charge on any atom is -0.344 e. The Balaban J connectivity index is 1.78. The van der Waals surface area contributed by atoms with E-state index in [0.29, 0.717) is 19.6 Å². The summed E-state index contributed by atoms with van der Waals surface area (Å²) < 4.78 is 45.4. The first-order valence-corrected chi connectivity index (χ1v) is 8.84. The van der Waals surface area contributed by atoms with E-state index in [0.717, 1.165) is 25.1 Å². The SMILES string of the molecule is C[C@H]1O[C@H](C(=O)N2CCCNCC2)CN1c1ccc(C#N)c(C(F)(F)F)c1. The molecular formula is C18H21F3N4O2. The summed E-state index contributed by atoms with van der Waals surface area (Å²) in [6.07, 6.45) is -5.04. The summed E-state index contributed by atoms with van der Waals surface area (Å²) in [5, 5.41) is 12.1. The lowest BCUT2D eigenvalue weighted by atomic mass is 10.1. The lowest BCUT2D eigenvalue weighted by Gasteiger charge is -2.23. The first-order chi connectivity index (χ1) is 12.8. The Labute approximate surface area is 155 Å². The Hall–Kier alpha value is -2.31. The molecule has 27 heavy (non-hydrogen) atoms. The highest BCUT2D eigenvalue weighted by Gasteiger charge is 2.39. The van der Waals surface area contributed by atoms with Crippen molar-refractivity contribution in [3.63, 3.8) is 0 Å². The molecule has 0 unspecified atom stereocenters. The van der Waals surface area contributed by atoms with Crippen LogP contribution in [0.2, 0.25) is 0 Å². The second-order valence-electron chi connectivity index (χ2n) is 6.64. The van der Waals surface area contributed by atoms with Crippen LogP contribution in [0, 0.1) is 11.3 Å². The number of nitriles is 1. The number of ether oxygens (including phenoxy) is 1. The lowest BCUT2D eigenvalue weighted by molar-refractivity contribution is -0.141. The fourth-order valence-electron chi connectivity index (χ4n) is 3.45. The molecule has 2 heterocycles. The second-order valence-corrected chi connectivity index (χ2v) is 6.64. The molecule has 2 fully saturated rings. The minimum absolute atomic E-state index is 0.141. The second kappa shape index (κ2) is 7.74. The Morgan fingerprint density at radius 2 is 2.11 bits per heavy atom. The van der Waals surface area contributed by atoms with Crippen molar-refractivity contribution >= 4 is 11.6 Å². The Bertz CT molecular complexity index is 739. The third kappa shape index (κ3) is 4.17. The van der Waals surface area contributed by atoms with Crippen molar-refractivity contribution in [3.05, 3.63) is 29.3 Å². The number of halogens is 3. The number of carbonyl (C=O) groups is 1. The van der Waals surface area contributed by atoms with Gasteiger partial charge < -0.3 is 19.9 Å². The highest BCUT2D eigenvalue weighted by molar-refractivity contribution is 5.82. The number of amides is 1. The van der Waals surface area contributed by atoms with Gasteiger partial charge in [-0.25, -0.2) is 0 Å². The normalized spacial score (nSPS) is 23.8. The van der Waals surface area contributed by atoms with Crippen molar-refractivity contribution in [1.82, 2.24) is 10.2 Å². The van der Waals surface area contributed by atoms with Gasteiger partial charge >= 0.3 is 6.18 Å². The van der Waals surface area contributed by atoms with E-state index in [-0.39, 0.29) is 18.1 Å². The van der Waals surface area contributed by atoms with Crippen LogP contribution in [0.4, 0.5) is 18.9 Å². The molecule has 0 aliphatic carbocycles. The summed E-state index contributed by atoms with van der Waals surface area (Å²) in [6, 6.07) is 5.12. The minimum atomic E-state index is -4.63. The predicted molar refractivity (Wildman–Crippen MR) is 91.9 cm³/mol. The van der Waals surface area contributed by atoms with Gasteiger partial charge in [-0.05, 0) is 38.1 Å². The van der Waals surface area contributed by atoms with Crippen LogP contribution in [0.5, 0.6) is 0 Å². The summed E-state index contributed by atoms with van der Waals surface area (Å²) in [4.78, 5) is 16.1. The van der Waals surface area contributed by atoms with Gasteiger partial charge in [0.1, 0.15) is 6.23 Å². The molecule has 1 aromatic rings. The van der Waals surface area contributed by atoms with Crippen molar-refractivity contribution in [3.8, 4) is 6.07 Å². The van der Waals surface area contributed by atoms with E-state index in [9.17, 15) is 18.0 Å². The molecule has 1 aromatic carbocycles. The lowest BCUT2D eigenvalue weighted by Crippen LogP contribution is -2.42. The van der Waals surface area contributed by atoms with Crippen LogP contribution in [0.1, 0.15) is 24.5 Å². The average molecular weight is 382 g/mol. The van der Waals surface area contributed by atoms with E-state index in [4.69, 9.17) is 10.00 Å². The van der Waals surface area contributed by atoms with Gasteiger partial charge in [0.2, 0.25) is 0 Å². The molecular weight excluding hydrogens is 361 g/mol. The van der Waals surface area contributed by atoms with Gasteiger partial charge in [-0.1, -0.05) is 0 Å². The van der Waals surface area contributed by atoms with Crippen molar-refractivity contribution in [2.24, 2.45) is 0 Å². The molecule has 0 saturated carbocycles. The number of nitrogens with one attached hydrogen (secondary N) is 1. The zero-order valence-corrected chi connectivity index (χ0v) is 14.9. The van der Waals surface area contributed by atoms with Gasteiger partial charge in [-0.3, -0.25) is 4.79 Å². The highest BCUT2D eigenvalue weighted by Crippen LogP contribution is 2.36. The molecule has 2 aliphatic rings. The van der Waals surface area contributed by atoms with E-state index in [1.807, 2.05) is 0 Å². The molecule has 2 aliphatic heterocycles. The van der Waals surface area contributed by atoms with Crippen molar-refractivity contribution in [2.75, 3.05) is 37.6 Å². The summed E-state index contributed by atoms with van der Waals surface area (Å²) >= 11 is 0. The highest BCUT2D eigenvalue weighted by atomic mass is 19.4. The molecule has 0 spiro atoms. The molecule has 0 aromatic heterocycles. The van der Waals surface area contributed by atoms with Gasteiger partial charge in [-0.15, -0.1) is 0 Å². The van der Waals surface area contributed by atoms with Gasteiger partial charge in [-0.2, -0.15) is 18.4 Å². The zero-order chi connectivity index (χ0) is 19.6. The molecule has 1 amide bonds. The Morgan fingerprint density at radius 3 is 2.81 bits per heavy atom. The van der Waals surface area contributed by atoms with Crippen LogP contribution in [0.3, 0.4) is 0 Å². The standard InChI is InChI=1S/C18H21F3N4O2/c1-12-25(14-4-3-13(10-22)15(9-14)18(19,20)21)11-16(27-12)17(26)24-7-2-5-23-6-8-24/h3-4,9,12,16,23H,2,5-8,11H2,1H3/t12-,16+/m1/s1. The molecule has 6 nitrogen and oxygen atoms in total. The van der Waals surface area contributed by atoms with Gasteiger partial charge in [0.05, 0.1) is 23.7 Å². The summed E-state index contributed by atoms with van der Waals surface area (Å²) in [5.74, 6) is -0.141. The van der Waals surface area contributed by atoms with Gasteiger partial charge in [0.15, 0.2) is 6.10 Å². The smallest absolute Gasteiger partial charge is 0.344 e. The van der Waals surface area contributed by atoms with Gasteiger partial charge in [0, 0.05) is 25.3 Å². The predicted octanol–water partition coefficient (Wildman–Crippen LogP) is 1.95. The molecule has 9 heteroatoms. The van der Waals surface area contributed by atoms with E-state index >= 15 is 0 Å². The summed E-state index contributed by atoms with van der Waals surface area (Å²) in [5.41, 5.74) is -1.13. The van der Waals surface area contributed by atoms with Crippen LogP contribution >= 0.6 is 0 Å². The number of alkyl halides is 3. The number of hydrogen-bond donors (Lipinski definition) is 1. The van der Waals surface area contributed by atoms with Crippen molar-refractivity contribution in [2.45, 2.75) is 31.9 Å². The third-order valence-electron chi connectivity index (χ3n) is 4.85. The zero-order valence-electron chi connectivity index (χ0n) is 14.9. The maximum Gasteiger partial charge on any atom is 0.417 e. The number of hydrogen-bond acceptors (Lipinski definition) is 5. The number of carbonyl (C=O) groups excluding carboxylic acids is 1. The third-order valence-corrected chi connectivity index (χ3v) is 4.85. The topological polar surface area (TPSA) is 68.6 Å². The average Bonchev–Trinajstić information content (AvgIpc) is 2.84. The van der Waals surface area contributed by atoms with Crippen molar-refractivity contribution < 1.29 is 22.7 Å². The molecule has 146 valence electrons. The van der Waals surface area contributed by atoms with E-state index in [1.165, 1.54) is 6.07 Å². The number of nitrogens with zero attached hydrogens (tertiary/aromatic N) is 3. The van der Waals surface area contributed by atoms with Gasteiger partial charge in [0.25, 0.3) is 5.91 Å². The summed E-state index contributed by atoms with van der Waals surface area (Å²) in [7, 11) is 0. The quantitative estimate of drug-likeness (QED) is 0.847. The van der Waals surface area contributed by atoms with Crippen LogP contribution in [0.25, 0.3) is 0 Å². The first kappa shape index (κ1) is 19.5. The fourth-order valence-corrected chi connectivity index (χ4v) is 3.45. The van der Waals surface area contributed by atoms with Crippen LogP contribution < -0.4 is 10.2 Å². The number of anilines is 1. The molecule has 0 bridgehead atoms.